The van der Waals surface area contributed by atoms with Crippen molar-refractivity contribution < 1.29 is 9.53 Å². The Kier molecular flexibility index (Phi) is 4.92. The summed E-state index contributed by atoms with van der Waals surface area (Å²) in [5.74, 6) is -0.220. The molecule has 1 aromatic rings. The topological polar surface area (TPSA) is 51.2 Å². The molecule has 0 saturated heterocycles. The Morgan fingerprint density at radius 1 is 1.56 bits per heavy atom. The van der Waals surface area contributed by atoms with Gasteiger partial charge in [0.1, 0.15) is 0 Å². The van der Waals surface area contributed by atoms with Gasteiger partial charge in [-0.15, -0.1) is 0 Å². The maximum atomic E-state index is 11.3. The lowest BCUT2D eigenvalue weighted by atomic mass is 10.1. The molecular weight excluding hydrogens is 204 g/mol. The number of nitrogens with zero attached hydrogens (tertiary/aromatic N) is 1. The predicted molar refractivity (Wildman–Crippen MR) is 61.9 cm³/mol. The van der Waals surface area contributed by atoms with Gasteiger partial charge < -0.3 is 10.1 Å². The molecule has 0 saturated carbocycles. The summed E-state index contributed by atoms with van der Waals surface area (Å²) < 4.78 is 4.68. The number of nitrogens with one attached hydrogen (secondary N) is 1. The molecule has 1 heterocycles. The molecule has 0 fully saturated rings. The summed E-state index contributed by atoms with van der Waals surface area (Å²) in [7, 11) is 1.40. The lowest BCUT2D eigenvalue weighted by Crippen LogP contribution is -2.30. The highest BCUT2D eigenvalue weighted by molar-refractivity contribution is 5.70. The average molecular weight is 222 g/mol. The third-order valence-electron chi connectivity index (χ3n) is 2.22. The molecule has 88 valence electrons. The lowest BCUT2D eigenvalue weighted by Gasteiger charge is -2.20. The molecule has 0 aromatic carbocycles. The molecule has 0 bridgehead atoms. The van der Waals surface area contributed by atoms with Crippen molar-refractivity contribution in [1.29, 1.82) is 0 Å². The molecule has 0 radical (unpaired) electrons. The van der Waals surface area contributed by atoms with Crippen molar-refractivity contribution in [2.75, 3.05) is 7.11 Å². The first-order valence-electron chi connectivity index (χ1n) is 5.36. The normalized spacial score (nSPS) is 12.5. The number of aromatic nitrogens is 1. The first-order valence-corrected chi connectivity index (χ1v) is 5.36. The van der Waals surface area contributed by atoms with E-state index in [9.17, 15) is 4.79 Å². The van der Waals surface area contributed by atoms with Crippen LogP contribution in [0.3, 0.4) is 0 Å². The molecule has 0 aliphatic heterocycles. The van der Waals surface area contributed by atoms with E-state index >= 15 is 0 Å². The van der Waals surface area contributed by atoms with Gasteiger partial charge in [0, 0.05) is 24.5 Å². The summed E-state index contributed by atoms with van der Waals surface area (Å²) in [4.78, 5) is 15.3. The minimum absolute atomic E-state index is 0.0406. The van der Waals surface area contributed by atoms with Gasteiger partial charge in [-0.3, -0.25) is 9.78 Å². The van der Waals surface area contributed by atoms with Crippen LogP contribution in [0, 0.1) is 0 Å². The van der Waals surface area contributed by atoms with Crippen molar-refractivity contribution in [2.45, 2.75) is 32.4 Å². The van der Waals surface area contributed by atoms with Gasteiger partial charge in [0.05, 0.1) is 13.5 Å². The highest BCUT2D eigenvalue weighted by Crippen LogP contribution is 2.16. The third kappa shape index (κ3) is 3.98. The molecule has 1 atom stereocenters. The number of carbonyl (C=O) groups is 1. The van der Waals surface area contributed by atoms with Crippen LogP contribution in [0.1, 0.15) is 31.9 Å². The Bertz CT molecular complexity index is 325. The summed E-state index contributed by atoms with van der Waals surface area (Å²) in [6.07, 6.45) is 3.80. The Labute approximate surface area is 96.0 Å². The van der Waals surface area contributed by atoms with Crippen molar-refractivity contribution in [3.63, 3.8) is 0 Å². The van der Waals surface area contributed by atoms with Crippen LogP contribution in [0.15, 0.2) is 24.5 Å². The molecule has 0 spiro atoms. The zero-order valence-electron chi connectivity index (χ0n) is 9.93. The number of methoxy groups -OCH3 is 1. The monoisotopic (exact) mass is 222 g/mol. The number of ether oxygens (including phenoxy) is 1. The summed E-state index contributed by atoms with van der Waals surface area (Å²) in [6, 6.07) is 4.08. The van der Waals surface area contributed by atoms with Crippen molar-refractivity contribution in [3.8, 4) is 0 Å². The van der Waals surface area contributed by atoms with E-state index < -0.39 is 0 Å². The molecule has 1 unspecified atom stereocenters. The third-order valence-corrected chi connectivity index (χ3v) is 2.22. The fraction of sp³-hybridized carbons (Fsp3) is 0.500. The number of hydrogen-bond donors (Lipinski definition) is 1. The van der Waals surface area contributed by atoms with Gasteiger partial charge in [0.25, 0.3) is 0 Å². The van der Waals surface area contributed by atoms with Crippen LogP contribution in [0.2, 0.25) is 0 Å². The van der Waals surface area contributed by atoms with Crippen LogP contribution < -0.4 is 5.32 Å². The number of carbonyl (C=O) groups excluding carboxylic acids is 1. The lowest BCUT2D eigenvalue weighted by molar-refractivity contribution is -0.141. The number of rotatable bonds is 5. The van der Waals surface area contributed by atoms with Gasteiger partial charge in [-0.1, -0.05) is 19.9 Å². The smallest absolute Gasteiger partial charge is 0.307 e. The second-order valence-electron chi connectivity index (χ2n) is 3.94. The van der Waals surface area contributed by atoms with Gasteiger partial charge in [-0.05, 0) is 11.6 Å². The maximum absolute atomic E-state index is 11.3. The number of pyridine rings is 1. The molecule has 4 nitrogen and oxygen atoms in total. The molecule has 1 N–H and O–H groups in total. The van der Waals surface area contributed by atoms with Crippen molar-refractivity contribution in [2.24, 2.45) is 0 Å². The van der Waals surface area contributed by atoms with E-state index in [2.05, 4.69) is 15.0 Å². The molecule has 0 aliphatic rings. The zero-order valence-corrected chi connectivity index (χ0v) is 9.93. The summed E-state index contributed by atoms with van der Waals surface area (Å²) in [6.45, 7) is 4.08. The standard InChI is InChI=1S/C12H18N2O2/c1-9(2)14-11(7-12(15)16-3)10-5-4-6-13-8-10/h4-6,8-9,11,14H,7H2,1-3H3. The van der Waals surface area contributed by atoms with Gasteiger partial charge >= 0.3 is 5.97 Å². The van der Waals surface area contributed by atoms with E-state index in [1.165, 1.54) is 7.11 Å². The second-order valence-corrected chi connectivity index (χ2v) is 3.94. The Balaban J connectivity index is 2.75. The molecule has 0 amide bonds. The zero-order chi connectivity index (χ0) is 12.0. The minimum atomic E-state index is -0.220. The summed E-state index contributed by atoms with van der Waals surface area (Å²) >= 11 is 0. The van der Waals surface area contributed by atoms with E-state index in [1.54, 1.807) is 12.4 Å². The summed E-state index contributed by atoms with van der Waals surface area (Å²) in [5.41, 5.74) is 1.00. The quantitative estimate of drug-likeness (QED) is 0.770. The van der Waals surface area contributed by atoms with Gasteiger partial charge in [0.2, 0.25) is 0 Å². The van der Waals surface area contributed by atoms with Crippen LogP contribution in [-0.2, 0) is 9.53 Å². The maximum Gasteiger partial charge on any atom is 0.307 e. The average Bonchev–Trinajstić information content (AvgIpc) is 2.28. The van der Waals surface area contributed by atoms with E-state index in [0.717, 1.165) is 5.56 Å². The van der Waals surface area contributed by atoms with Crippen LogP contribution in [0.25, 0.3) is 0 Å². The van der Waals surface area contributed by atoms with Gasteiger partial charge in [-0.2, -0.15) is 0 Å². The van der Waals surface area contributed by atoms with E-state index in [1.807, 2.05) is 26.0 Å². The van der Waals surface area contributed by atoms with E-state index in [4.69, 9.17) is 0 Å². The highest BCUT2D eigenvalue weighted by Gasteiger charge is 2.16. The van der Waals surface area contributed by atoms with Crippen molar-refractivity contribution >= 4 is 5.97 Å². The predicted octanol–water partition coefficient (Wildman–Crippen LogP) is 1.68. The van der Waals surface area contributed by atoms with Crippen LogP contribution >= 0.6 is 0 Å². The highest BCUT2D eigenvalue weighted by atomic mass is 16.5. The number of esters is 1. The van der Waals surface area contributed by atoms with E-state index in [0.29, 0.717) is 12.5 Å². The summed E-state index contributed by atoms with van der Waals surface area (Å²) in [5, 5.41) is 3.32. The molecule has 1 rings (SSSR count). The largest absolute Gasteiger partial charge is 0.469 e. The first-order chi connectivity index (χ1) is 7.63. The Morgan fingerprint density at radius 2 is 2.31 bits per heavy atom. The fourth-order valence-corrected chi connectivity index (χ4v) is 1.51. The molecule has 0 aliphatic carbocycles. The Hall–Kier alpha value is -1.42. The van der Waals surface area contributed by atoms with Gasteiger partial charge in [0.15, 0.2) is 0 Å². The van der Waals surface area contributed by atoms with Crippen molar-refractivity contribution in [1.82, 2.24) is 10.3 Å². The van der Waals surface area contributed by atoms with Gasteiger partial charge in [-0.25, -0.2) is 0 Å². The SMILES string of the molecule is COC(=O)CC(NC(C)C)c1cccnc1. The van der Waals surface area contributed by atoms with E-state index in [-0.39, 0.29) is 12.0 Å². The molecular formula is C12H18N2O2. The minimum Gasteiger partial charge on any atom is -0.469 e. The molecule has 16 heavy (non-hydrogen) atoms. The number of hydrogen-bond acceptors (Lipinski definition) is 4. The van der Waals surface area contributed by atoms with Crippen LogP contribution in [0.4, 0.5) is 0 Å². The first kappa shape index (κ1) is 12.6. The fourth-order valence-electron chi connectivity index (χ4n) is 1.51. The van der Waals surface area contributed by atoms with Crippen LogP contribution in [-0.4, -0.2) is 24.1 Å². The van der Waals surface area contributed by atoms with Crippen LogP contribution in [0.5, 0.6) is 0 Å². The molecule has 1 aromatic heterocycles. The molecule has 4 heteroatoms. The van der Waals surface area contributed by atoms with Crippen molar-refractivity contribution in [3.05, 3.63) is 30.1 Å². The Morgan fingerprint density at radius 3 is 2.81 bits per heavy atom. The second kappa shape index (κ2) is 6.23.